The molecule has 0 saturated heterocycles. The van der Waals surface area contributed by atoms with Crippen LogP contribution in [0.4, 0.5) is 26.3 Å². The van der Waals surface area contributed by atoms with Crippen molar-refractivity contribution in [3.8, 4) is 20.9 Å². The smallest absolute Gasteiger partial charge is 0.198 e. The molecule has 0 N–H and O–H groups in total. The van der Waals surface area contributed by atoms with Gasteiger partial charge in [0.25, 0.3) is 0 Å². The van der Waals surface area contributed by atoms with Crippen LogP contribution in [0.1, 0.15) is 116 Å². The summed E-state index contributed by atoms with van der Waals surface area (Å²) in [5.41, 5.74) is 6.15. The minimum atomic E-state index is -4.59. The number of thiophene rings is 4. The molecular formula is C57H54F6N4S4+2. The van der Waals surface area contributed by atoms with Crippen LogP contribution in [0.15, 0.2) is 106 Å². The Labute approximate surface area is 425 Å². The number of hydrogen-bond acceptors (Lipinski definition) is 4. The van der Waals surface area contributed by atoms with E-state index in [0.29, 0.717) is 52.3 Å². The number of alkyl halides is 6. The fourth-order valence-corrected chi connectivity index (χ4v) is 14.7. The fourth-order valence-electron chi connectivity index (χ4n) is 11.8. The summed E-state index contributed by atoms with van der Waals surface area (Å²) in [6, 6.07) is 20.7. The summed E-state index contributed by atoms with van der Waals surface area (Å²) in [5.74, 6) is -1.43. The van der Waals surface area contributed by atoms with Gasteiger partial charge in [0.2, 0.25) is 22.8 Å². The van der Waals surface area contributed by atoms with Crippen LogP contribution in [0.2, 0.25) is 0 Å². The molecule has 6 aliphatic rings. The van der Waals surface area contributed by atoms with Crippen molar-refractivity contribution < 1.29 is 35.5 Å². The van der Waals surface area contributed by atoms with Gasteiger partial charge in [0.15, 0.2) is 0 Å². The lowest BCUT2D eigenvalue weighted by Gasteiger charge is -2.43. The molecule has 1 spiro atoms. The molecule has 0 fully saturated rings. The lowest BCUT2D eigenvalue weighted by atomic mass is 9.80. The summed E-state index contributed by atoms with van der Waals surface area (Å²) in [7, 11) is 0. The summed E-state index contributed by atoms with van der Waals surface area (Å²) < 4.78 is 104. The van der Waals surface area contributed by atoms with E-state index >= 15 is 26.3 Å². The van der Waals surface area contributed by atoms with Crippen molar-refractivity contribution in [3.05, 3.63) is 138 Å². The zero-order valence-corrected chi connectivity index (χ0v) is 44.5. The van der Waals surface area contributed by atoms with E-state index < -0.39 is 29.1 Å². The lowest BCUT2D eigenvalue weighted by molar-refractivity contribution is -0.834. The van der Waals surface area contributed by atoms with Gasteiger partial charge in [-0.05, 0) is 94.4 Å². The van der Waals surface area contributed by atoms with Crippen LogP contribution in [-0.2, 0) is 5.91 Å². The molecule has 0 bridgehead atoms. The summed E-state index contributed by atoms with van der Waals surface area (Å²) in [6.07, 6.45) is -4.30. The van der Waals surface area contributed by atoms with Crippen molar-refractivity contribution in [2.24, 2.45) is 21.7 Å². The van der Waals surface area contributed by atoms with Crippen LogP contribution < -0.4 is 10.7 Å². The molecule has 0 amide bonds. The van der Waals surface area contributed by atoms with Gasteiger partial charge >= 0.3 is 18.3 Å². The highest BCUT2D eigenvalue weighted by atomic mass is 32.1. The average molecular weight is 1040 g/mol. The molecule has 12 rings (SSSR count). The van der Waals surface area contributed by atoms with Gasteiger partial charge in [0.1, 0.15) is 0 Å². The van der Waals surface area contributed by atoms with Crippen LogP contribution in [0.25, 0.3) is 54.3 Å². The first-order valence-electron chi connectivity index (χ1n) is 24.0. The second kappa shape index (κ2) is 15.0. The van der Waals surface area contributed by atoms with Gasteiger partial charge in [0, 0.05) is 59.5 Å². The summed E-state index contributed by atoms with van der Waals surface area (Å²) >= 11 is 6.32. The average Bonchev–Trinajstić information content (AvgIpc) is 4.11. The highest BCUT2D eigenvalue weighted by Crippen LogP contribution is 2.61. The second-order valence-corrected chi connectivity index (χ2v) is 27.3. The SMILES string of the molecule is CC(C)(C)CC1=c2cc(-c3cccs3)c3n2C24n5c(cc(-c6cccs6)c5C(CC(C)(C)C(F)(F)F)=C5C=C(c6cccs6)C1=[N+]52)C(CC(C)(C)C(F)(F)F)=C1C(c2cccs2)=CC(=[N+]14)C=3CC(C)(C)C. The molecule has 0 aliphatic carbocycles. The first-order valence-corrected chi connectivity index (χ1v) is 27.6. The van der Waals surface area contributed by atoms with Crippen molar-refractivity contribution in [1.82, 2.24) is 9.13 Å². The molecular weight excluding hydrogens is 983 g/mol. The molecule has 12 heterocycles. The zero-order valence-electron chi connectivity index (χ0n) is 41.3. The van der Waals surface area contributed by atoms with Gasteiger partial charge in [-0.1, -0.05) is 103 Å². The molecule has 6 aliphatic heterocycles. The van der Waals surface area contributed by atoms with Gasteiger partial charge in [-0.15, -0.1) is 45.3 Å². The van der Waals surface area contributed by atoms with E-state index in [1.807, 2.05) is 46.5 Å². The van der Waals surface area contributed by atoms with Gasteiger partial charge in [0.05, 0.1) is 49.6 Å². The van der Waals surface area contributed by atoms with E-state index in [-0.39, 0.29) is 23.7 Å². The van der Waals surface area contributed by atoms with Crippen LogP contribution in [0.3, 0.4) is 0 Å². The Bertz CT molecular complexity index is 3590. The van der Waals surface area contributed by atoms with Gasteiger partial charge in [-0.3, -0.25) is 0 Å². The number of nitrogens with zero attached hydrogens (tertiary/aromatic N) is 4. The predicted molar refractivity (Wildman–Crippen MR) is 281 cm³/mol. The standard InChI is InChI=1S/C57H54F6N4S4/c1-51(2,3)27-35-39-23-31(43-15-11-19-68-43)47-36(28-52(4,5)6)40-24-33(45-17-13-21-70-45)49-38(30-54(9,10)56(61,62)63)42-26-34(46-18-14-22-71-46)50-37(29-53(7,8)55(58,59)60)41-25-32(44-16-12-20-69-44)48(35)66(41)57(64(39)47,65(40)49)67(42)50/h11-26H,27-30H2,1-10H3/q+2. The Morgan fingerprint density at radius 2 is 1.03 bits per heavy atom. The lowest BCUT2D eigenvalue weighted by Crippen LogP contribution is -2.71. The summed E-state index contributed by atoms with van der Waals surface area (Å²) in [5, 5.41) is 10.1. The molecule has 0 aromatic carbocycles. The van der Waals surface area contributed by atoms with Crippen molar-refractivity contribution in [2.45, 2.75) is 113 Å². The van der Waals surface area contributed by atoms with Crippen LogP contribution in [0, 0.1) is 21.7 Å². The molecule has 366 valence electrons. The van der Waals surface area contributed by atoms with Crippen LogP contribution >= 0.6 is 45.3 Å². The third-order valence-corrected chi connectivity index (χ3v) is 18.5. The minimum Gasteiger partial charge on any atom is -0.198 e. The number of halogens is 6. The number of hydrogen-bond donors (Lipinski definition) is 0. The van der Waals surface area contributed by atoms with Crippen molar-refractivity contribution in [2.75, 3.05) is 0 Å². The molecule has 0 radical (unpaired) electrons. The van der Waals surface area contributed by atoms with Crippen molar-refractivity contribution >= 4 is 90.2 Å². The van der Waals surface area contributed by atoms with E-state index in [0.717, 1.165) is 69.5 Å². The van der Waals surface area contributed by atoms with Gasteiger partial charge < -0.3 is 0 Å². The van der Waals surface area contributed by atoms with Crippen LogP contribution in [0.5, 0.6) is 0 Å². The molecule has 0 saturated carbocycles. The summed E-state index contributed by atoms with van der Waals surface area (Å²) in [4.78, 5) is 3.82. The van der Waals surface area contributed by atoms with Gasteiger partial charge in [-0.25, -0.2) is 0 Å². The molecule has 1 unspecified atom stereocenters. The highest BCUT2D eigenvalue weighted by molar-refractivity contribution is 7.14. The number of aromatic nitrogens is 2. The zero-order chi connectivity index (χ0) is 50.3. The highest BCUT2D eigenvalue weighted by Gasteiger charge is 2.75. The largest absolute Gasteiger partial charge is 0.553 e. The molecule has 1 atom stereocenters. The quantitative estimate of drug-likeness (QED) is 0.0960. The first kappa shape index (κ1) is 47.0. The fraction of sp³-hybridized carbons (Fsp3) is 0.368. The molecule has 6 aromatic heterocycles. The molecule has 4 nitrogen and oxygen atoms in total. The Balaban J connectivity index is 1.39. The van der Waals surface area contributed by atoms with E-state index in [1.165, 1.54) is 39.0 Å². The van der Waals surface area contributed by atoms with E-state index in [2.05, 4.69) is 108 Å². The Kier molecular flexibility index (Phi) is 9.96. The predicted octanol–water partition coefficient (Wildman–Crippen LogP) is 15.7. The maximum atomic E-state index is 15.7. The van der Waals surface area contributed by atoms with E-state index in [9.17, 15) is 0 Å². The third-order valence-electron chi connectivity index (χ3n) is 14.9. The van der Waals surface area contributed by atoms with E-state index in [1.54, 1.807) is 34.0 Å². The third kappa shape index (κ3) is 6.64. The normalized spacial score (nSPS) is 19.7. The first-order chi connectivity index (χ1) is 33.2. The molecule has 6 aromatic rings. The number of rotatable bonds is 10. The van der Waals surface area contributed by atoms with Crippen molar-refractivity contribution in [3.63, 3.8) is 0 Å². The summed E-state index contributed by atoms with van der Waals surface area (Å²) in [6.45, 7) is 18.5. The maximum absolute atomic E-state index is 15.7. The topological polar surface area (TPSA) is 15.9 Å². The Morgan fingerprint density at radius 1 is 0.521 bits per heavy atom. The second-order valence-electron chi connectivity index (χ2n) is 23.5. The molecule has 14 heteroatoms. The monoisotopic (exact) mass is 1040 g/mol. The maximum Gasteiger partial charge on any atom is 0.553 e. The van der Waals surface area contributed by atoms with Crippen molar-refractivity contribution in [1.29, 1.82) is 0 Å². The number of allylic oxidation sites excluding steroid dienone is 6. The minimum absolute atomic E-state index is 0.250. The van der Waals surface area contributed by atoms with E-state index in [4.69, 9.17) is 0 Å². The molecule has 71 heavy (non-hydrogen) atoms. The van der Waals surface area contributed by atoms with Crippen LogP contribution in [-0.4, -0.2) is 42.1 Å². The Morgan fingerprint density at radius 3 is 1.55 bits per heavy atom. The van der Waals surface area contributed by atoms with Gasteiger partial charge in [-0.2, -0.15) is 35.5 Å². The Hall–Kier alpha value is -5.02.